The third kappa shape index (κ3) is 4.95. The number of likely N-dealkylation sites (N-methyl/N-ethyl adjacent to an activating group) is 2. The van der Waals surface area contributed by atoms with Crippen molar-refractivity contribution in [2.24, 2.45) is 0 Å². The lowest BCUT2D eigenvalue weighted by atomic mass is 9.72. The quantitative estimate of drug-likeness (QED) is 0.457. The molecule has 3 N–H and O–H groups in total. The van der Waals surface area contributed by atoms with E-state index in [1.54, 1.807) is 0 Å². The largest absolute Gasteiger partial charge is 0.501 e. The van der Waals surface area contributed by atoms with E-state index in [2.05, 4.69) is 15.6 Å². The Morgan fingerprint density at radius 2 is 1.67 bits per heavy atom. The molecule has 39 heavy (non-hydrogen) atoms. The predicted octanol–water partition coefficient (Wildman–Crippen LogP) is 0.222. The molecule has 2 aromatic rings. The highest BCUT2D eigenvalue weighted by molar-refractivity contribution is 6.34. The lowest BCUT2D eigenvalue weighted by Crippen LogP contribution is -2.57. The van der Waals surface area contributed by atoms with Gasteiger partial charge in [0.05, 0.1) is 12.1 Å². The molecule has 1 aromatic carbocycles. The first kappa shape index (κ1) is 27.7. The molecule has 0 unspecified atom stereocenters. The Balaban J connectivity index is 1.81. The summed E-state index contributed by atoms with van der Waals surface area (Å²) in [5.41, 5.74) is -2.97. The molecule has 5 rings (SSSR count). The highest BCUT2D eigenvalue weighted by atomic mass is 19.1. The number of halogens is 1. The molecule has 0 spiro atoms. The highest BCUT2D eigenvalue weighted by Gasteiger charge is 2.54. The van der Waals surface area contributed by atoms with Gasteiger partial charge in [-0.2, -0.15) is 0 Å². The molecule has 4 amide bonds. The Hall–Kier alpha value is -4.29. The number of nitrogens with zero attached hydrogens (tertiary/aromatic N) is 4. The van der Waals surface area contributed by atoms with Crippen LogP contribution in [0.2, 0.25) is 0 Å². The number of rotatable bonds is 5. The van der Waals surface area contributed by atoms with Gasteiger partial charge in [0.15, 0.2) is 5.69 Å². The number of benzene rings is 1. The van der Waals surface area contributed by atoms with Crippen LogP contribution in [0.5, 0.6) is 5.75 Å². The van der Waals surface area contributed by atoms with Crippen molar-refractivity contribution in [1.82, 2.24) is 30.0 Å². The molecule has 0 radical (unpaired) electrons. The molecule has 1 saturated carbocycles. The molecule has 12 nitrogen and oxygen atoms in total. The summed E-state index contributed by atoms with van der Waals surface area (Å²) in [5, 5.41) is 16.3. The van der Waals surface area contributed by atoms with Crippen LogP contribution in [0.4, 0.5) is 4.39 Å². The van der Waals surface area contributed by atoms with Gasteiger partial charge >= 0.3 is 11.8 Å². The Kier molecular flexibility index (Phi) is 7.19. The van der Waals surface area contributed by atoms with Crippen molar-refractivity contribution < 1.29 is 28.7 Å². The first-order valence-corrected chi connectivity index (χ1v) is 12.5. The number of hydrogen-bond donors (Lipinski definition) is 3. The minimum Gasteiger partial charge on any atom is -0.501 e. The van der Waals surface area contributed by atoms with Crippen molar-refractivity contribution in [2.75, 3.05) is 21.1 Å². The standard InChI is InChI=1S/C26H31FN6O6/c1-15(34)30-25-9-11-26(12-10-25,32(4)23(39)22(38)31(2)3)24-29-18(19(35)21(37)33(24)14-25)20(36)28-13-16-5-7-17(27)8-6-16/h5-8,35H,9-14H2,1-4H3,(H,28,36)(H,30,34). The summed E-state index contributed by atoms with van der Waals surface area (Å²) in [6, 6.07) is 5.43. The fourth-order valence-corrected chi connectivity index (χ4v) is 5.45. The molecule has 3 heterocycles. The van der Waals surface area contributed by atoms with Crippen molar-refractivity contribution >= 4 is 23.6 Å². The smallest absolute Gasteiger partial charge is 0.312 e. The van der Waals surface area contributed by atoms with Crippen LogP contribution in [0.25, 0.3) is 0 Å². The molecule has 1 aliphatic carbocycles. The average Bonchev–Trinajstić information content (AvgIpc) is 3.12. The number of fused-ring (bicyclic) bond motifs is 2. The summed E-state index contributed by atoms with van der Waals surface area (Å²) in [7, 11) is 4.33. The zero-order chi connectivity index (χ0) is 28.7. The van der Waals surface area contributed by atoms with Gasteiger partial charge in [0, 0.05) is 34.6 Å². The molecule has 0 saturated heterocycles. The molecule has 3 aliphatic rings. The zero-order valence-corrected chi connectivity index (χ0v) is 22.2. The zero-order valence-electron chi connectivity index (χ0n) is 22.2. The summed E-state index contributed by atoms with van der Waals surface area (Å²) in [4.78, 5) is 71.3. The number of amides is 4. The lowest BCUT2D eigenvalue weighted by molar-refractivity contribution is -0.155. The molecule has 2 bridgehead atoms. The van der Waals surface area contributed by atoms with Crippen LogP contribution < -0.4 is 16.2 Å². The summed E-state index contributed by atoms with van der Waals surface area (Å²) >= 11 is 0. The molecular weight excluding hydrogens is 511 g/mol. The average molecular weight is 543 g/mol. The minimum atomic E-state index is -1.26. The first-order chi connectivity index (χ1) is 18.3. The maximum Gasteiger partial charge on any atom is 0.312 e. The van der Waals surface area contributed by atoms with Gasteiger partial charge in [-0.3, -0.25) is 28.5 Å². The van der Waals surface area contributed by atoms with E-state index in [0.717, 1.165) is 4.90 Å². The maximum atomic E-state index is 13.5. The van der Waals surface area contributed by atoms with Crippen molar-refractivity contribution in [3.8, 4) is 5.75 Å². The topological polar surface area (TPSA) is 154 Å². The second-order valence-electron chi connectivity index (χ2n) is 10.4. The van der Waals surface area contributed by atoms with Crippen molar-refractivity contribution in [2.45, 2.75) is 56.8 Å². The third-order valence-corrected chi connectivity index (χ3v) is 7.62. The van der Waals surface area contributed by atoms with E-state index in [1.165, 1.54) is 61.8 Å². The predicted molar refractivity (Wildman–Crippen MR) is 136 cm³/mol. The molecule has 208 valence electrons. The van der Waals surface area contributed by atoms with E-state index in [-0.39, 0.29) is 37.7 Å². The molecule has 13 heteroatoms. The normalized spacial score (nSPS) is 21.4. The summed E-state index contributed by atoms with van der Waals surface area (Å²) in [5.74, 6) is -4.04. The monoisotopic (exact) mass is 542 g/mol. The van der Waals surface area contributed by atoms with Crippen LogP contribution in [0.15, 0.2) is 29.1 Å². The van der Waals surface area contributed by atoms with Gasteiger partial charge in [-0.1, -0.05) is 12.1 Å². The van der Waals surface area contributed by atoms with Crippen molar-refractivity contribution in [1.29, 1.82) is 0 Å². The van der Waals surface area contributed by atoms with E-state index >= 15 is 0 Å². The first-order valence-electron chi connectivity index (χ1n) is 12.5. The molecule has 2 aliphatic heterocycles. The number of hydrogen-bond acceptors (Lipinski definition) is 7. The van der Waals surface area contributed by atoms with E-state index in [4.69, 9.17) is 0 Å². The number of nitrogens with one attached hydrogen (secondary N) is 2. The molecule has 1 fully saturated rings. The van der Waals surface area contributed by atoms with Gasteiger partial charge in [-0.15, -0.1) is 0 Å². The summed E-state index contributed by atoms with van der Waals surface area (Å²) < 4.78 is 14.4. The van der Waals surface area contributed by atoms with Gasteiger partial charge in [-0.05, 0) is 43.4 Å². The second-order valence-corrected chi connectivity index (χ2v) is 10.4. The van der Waals surface area contributed by atoms with Crippen LogP contribution in [-0.2, 0) is 33.0 Å². The SMILES string of the molecule is CC(=O)NC12CCC(N(C)C(=O)C(=O)N(C)C)(CC1)c1nc(C(=O)NCc3ccc(F)cc3)c(O)c(=O)n1C2. The van der Waals surface area contributed by atoms with Gasteiger partial charge in [0.2, 0.25) is 11.7 Å². The number of aromatic hydroxyl groups is 1. The third-order valence-electron chi connectivity index (χ3n) is 7.62. The Labute approximate surface area is 223 Å². The van der Waals surface area contributed by atoms with Crippen LogP contribution in [-0.4, -0.2) is 74.8 Å². The van der Waals surface area contributed by atoms with E-state index in [9.17, 15) is 33.5 Å². The molecular formula is C26H31FN6O6. The lowest BCUT2D eigenvalue weighted by Gasteiger charge is -2.46. The van der Waals surface area contributed by atoms with E-state index < -0.39 is 51.6 Å². The number of carbonyl (C=O) groups is 4. The summed E-state index contributed by atoms with van der Waals surface area (Å²) in [6.45, 7) is 1.30. The van der Waals surface area contributed by atoms with Gasteiger partial charge in [0.25, 0.3) is 11.5 Å². The fourth-order valence-electron chi connectivity index (χ4n) is 5.45. The second kappa shape index (κ2) is 10.1. The number of aromatic nitrogens is 2. The van der Waals surface area contributed by atoms with Crippen LogP contribution >= 0.6 is 0 Å². The van der Waals surface area contributed by atoms with Crippen LogP contribution in [0.3, 0.4) is 0 Å². The Morgan fingerprint density at radius 3 is 2.23 bits per heavy atom. The fraction of sp³-hybridized carbons (Fsp3) is 0.462. The van der Waals surface area contributed by atoms with Crippen LogP contribution in [0, 0.1) is 5.82 Å². The van der Waals surface area contributed by atoms with Crippen molar-refractivity contribution in [3.05, 3.63) is 57.5 Å². The maximum absolute atomic E-state index is 13.5. The van der Waals surface area contributed by atoms with Crippen LogP contribution in [0.1, 0.15) is 54.5 Å². The Bertz CT molecular complexity index is 1390. The van der Waals surface area contributed by atoms with Gasteiger partial charge < -0.3 is 25.5 Å². The minimum absolute atomic E-state index is 0.0227. The van der Waals surface area contributed by atoms with Gasteiger partial charge in [0.1, 0.15) is 17.2 Å². The van der Waals surface area contributed by atoms with Gasteiger partial charge in [-0.25, -0.2) is 9.37 Å². The van der Waals surface area contributed by atoms with Crippen molar-refractivity contribution in [3.63, 3.8) is 0 Å². The molecule has 0 atom stereocenters. The summed E-state index contributed by atoms with van der Waals surface area (Å²) in [6.07, 6.45) is 1.19. The van der Waals surface area contributed by atoms with E-state index in [0.29, 0.717) is 18.4 Å². The number of carbonyl (C=O) groups excluding carboxylic acids is 4. The molecule has 1 aromatic heterocycles. The highest BCUT2D eigenvalue weighted by Crippen LogP contribution is 2.48. The van der Waals surface area contributed by atoms with E-state index in [1.807, 2.05) is 0 Å². The Morgan fingerprint density at radius 1 is 1.05 bits per heavy atom.